The van der Waals surface area contributed by atoms with E-state index in [9.17, 15) is 9.59 Å². The standard InChI is InChI=1S/C32H34N4O6/c1-39-27-11-5-21(17-29(27)41-3)13-15-33-31(37)23-7-9-25(35-19-23)26-10-8-24(20-36-26)32(38)34-16-14-22-6-12-28(40-2)30(18-22)42-4/h5-12,17-20H,13-16H2,1-4H3,(H,33,37)(H,34,38). The summed E-state index contributed by atoms with van der Waals surface area (Å²) in [4.78, 5) is 34.0. The van der Waals surface area contributed by atoms with Crippen molar-refractivity contribution in [2.24, 2.45) is 0 Å². The first-order chi connectivity index (χ1) is 20.4. The molecule has 10 nitrogen and oxygen atoms in total. The van der Waals surface area contributed by atoms with Crippen LogP contribution in [0.3, 0.4) is 0 Å². The Bertz CT molecular complexity index is 1390. The number of benzene rings is 2. The van der Waals surface area contributed by atoms with Gasteiger partial charge in [0, 0.05) is 25.5 Å². The number of amides is 2. The van der Waals surface area contributed by atoms with Crippen molar-refractivity contribution in [2.45, 2.75) is 12.8 Å². The lowest BCUT2D eigenvalue weighted by Gasteiger charge is -2.10. The molecule has 0 saturated carbocycles. The highest BCUT2D eigenvalue weighted by molar-refractivity contribution is 5.94. The summed E-state index contributed by atoms with van der Waals surface area (Å²) in [5, 5.41) is 5.82. The largest absolute Gasteiger partial charge is 0.493 e. The minimum absolute atomic E-state index is 0.220. The van der Waals surface area contributed by atoms with Gasteiger partial charge in [0.05, 0.1) is 51.0 Å². The molecule has 42 heavy (non-hydrogen) atoms. The molecule has 0 fully saturated rings. The molecule has 2 heterocycles. The van der Waals surface area contributed by atoms with Crippen molar-refractivity contribution in [2.75, 3.05) is 41.5 Å². The Labute approximate surface area is 245 Å². The number of rotatable bonds is 13. The van der Waals surface area contributed by atoms with Crippen LogP contribution in [0.25, 0.3) is 11.4 Å². The summed E-state index contributed by atoms with van der Waals surface area (Å²) in [5.41, 5.74) is 4.10. The number of nitrogens with one attached hydrogen (secondary N) is 2. The molecule has 4 rings (SSSR count). The van der Waals surface area contributed by atoms with Gasteiger partial charge in [-0.3, -0.25) is 19.6 Å². The van der Waals surface area contributed by atoms with Gasteiger partial charge < -0.3 is 29.6 Å². The average Bonchev–Trinajstić information content (AvgIpc) is 3.04. The van der Waals surface area contributed by atoms with E-state index in [1.54, 1.807) is 52.7 Å². The van der Waals surface area contributed by atoms with Crippen LogP contribution in [0.1, 0.15) is 31.8 Å². The quantitative estimate of drug-likeness (QED) is 0.246. The number of hydrogen-bond acceptors (Lipinski definition) is 8. The Morgan fingerprint density at radius 3 is 1.31 bits per heavy atom. The van der Waals surface area contributed by atoms with Crippen molar-refractivity contribution in [1.82, 2.24) is 20.6 Å². The molecule has 0 atom stereocenters. The number of pyridine rings is 2. The molecule has 0 unspecified atom stereocenters. The van der Waals surface area contributed by atoms with Crippen molar-refractivity contribution in [1.29, 1.82) is 0 Å². The molecule has 0 spiro atoms. The van der Waals surface area contributed by atoms with Crippen LogP contribution in [0.5, 0.6) is 23.0 Å². The molecule has 2 amide bonds. The number of nitrogens with zero attached hydrogens (tertiary/aromatic N) is 2. The van der Waals surface area contributed by atoms with Crippen LogP contribution < -0.4 is 29.6 Å². The Balaban J connectivity index is 1.26. The lowest BCUT2D eigenvalue weighted by Crippen LogP contribution is -2.26. The summed E-state index contributed by atoms with van der Waals surface area (Å²) >= 11 is 0. The van der Waals surface area contributed by atoms with E-state index in [1.807, 2.05) is 36.4 Å². The van der Waals surface area contributed by atoms with Crippen LogP contribution in [-0.4, -0.2) is 63.3 Å². The highest BCUT2D eigenvalue weighted by Gasteiger charge is 2.11. The predicted molar refractivity (Wildman–Crippen MR) is 159 cm³/mol. The highest BCUT2D eigenvalue weighted by atomic mass is 16.5. The van der Waals surface area contributed by atoms with Crippen molar-refractivity contribution in [3.63, 3.8) is 0 Å². The molecule has 0 bridgehead atoms. The first kappa shape index (κ1) is 29.9. The lowest BCUT2D eigenvalue weighted by atomic mass is 10.1. The number of methoxy groups -OCH3 is 4. The fourth-order valence-corrected chi connectivity index (χ4v) is 4.28. The van der Waals surface area contributed by atoms with Gasteiger partial charge in [-0.1, -0.05) is 12.1 Å². The van der Waals surface area contributed by atoms with Gasteiger partial charge in [0.25, 0.3) is 11.8 Å². The predicted octanol–water partition coefficient (Wildman–Crippen LogP) is 4.12. The monoisotopic (exact) mass is 570 g/mol. The van der Waals surface area contributed by atoms with E-state index in [1.165, 1.54) is 12.4 Å². The molecule has 0 saturated heterocycles. The van der Waals surface area contributed by atoms with Crippen molar-refractivity contribution in [3.05, 3.63) is 95.3 Å². The van der Waals surface area contributed by atoms with Crippen LogP contribution in [0.15, 0.2) is 73.1 Å². The average molecular weight is 571 g/mol. The molecule has 4 aromatic rings. The van der Waals surface area contributed by atoms with Crippen LogP contribution in [-0.2, 0) is 12.8 Å². The first-order valence-corrected chi connectivity index (χ1v) is 13.4. The van der Waals surface area contributed by atoms with E-state index in [0.717, 1.165) is 11.1 Å². The summed E-state index contributed by atoms with van der Waals surface area (Å²) in [7, 11) is 6.36. The van der Waals surface area contributed by atoms with Crippen LogP contribution in [0.4, 0.5) is 0 Å². The Morgan fingerprint density at radius 1 is 0.571 bits per heavy atom. The number of carbonyl (C=O) groups is 2. The van der Waals surface area contributed by atoms with Gasteiger partial charge in [-0.2, -0.15) is 0 Å². The second kappa shape index (κ2) is 14.5. The van der Waals surface area contributed by atoms with Gasteiger partial charge in [0.15, 0.2) is 23.0 Å². The molecule has 0 aliphatic carbocycles. The molecular formula is C32H34N4O6. The molecular weight excluding hydrogens is 536 g/mol. The minimum atomic E-state index is -0.220. The summed E-state index contributed by atoms with van der Waals surface area (Å²) in [6.45, 7) is 0.908. The van der Waals surface area contributed by atoms with Gasteiger partial charge in [-0.15, -0.1) is 0 Å². The van der Waals surface area contributed by atoms with E-state index in [4.69, 9.17) is 18.9 Å². The van der Waals surface area contributed by atoms with Crippen LogP contribution >= 0.6 is 0 Å². The number of aromatic nitrogens is 2. The minimum Gasteiger partial charge on any atom is -0.493 e. The van der Waals surface area contributed by atoms with Gasteiger partial charge >= 0.3 is 0 Å². The third-order valence-corrected chi connectivity index (χ3v) is 6.61. The number of carbonyl (C=O) groups excluding carboxylic acids is 2. The molecule has 0 aliphatic rings. The SMILES string of the molecule is COc1ccc(CCNC(=O)c2ccc(-c3ccc(C(=O)NCCc4ccc(OC)c(OC)c4)cn3)nc2)cc1OC. The van der Waals surface area contributed by atoms with Gasteiger partial charge in [0.1, 0.15) is 0 Å². The smallest absolute Gasteiger partial charge is 0.252 e. The Morgan fingerprint density at radius 2 is 0.976 bits per heavy atom. The van der Waals surface area contributed by atoms with Crippen molar-refractivity contribution in [3.8, 4) is 34.4 Å². The van der Waals surface area contributed by atoms with Gasteiger partial charge in [-0.25, -0.2) is 0 Å². The van der Waals surface area contributed by atoms with E-state index < -0.39 is 0 Å². The normalized spacial score (nSPS) is 10.5. The fraction of sp³-hybridized carbons (Fsp3) is 0.250. The number of hydrogen-bond donors (Lipinski definition) is 2. The Kier molecular flexibility index (Phi) is 10.3. The second-order valence-corrected chi connectivity index (χ2v) is 9.25. The summed E-state index contributed by atoms with van der Waals surface area (Å²) < 4.78 is 21.2. The molecule has 0 aliphatic heterocycles. The van der Waals surface area contributed by atoms with E-state index >= 15 is 0 Å². The summed E-state index contributed by atoms with van der Waals surface area (Å²) in [5.74, 6) is 2.17. The van der Waals surface area contributed by atoms with Gasteiger partial charge in [0.2, 0.25) is 0 Å². The fourth-order valence-electron chi connectivity index (χ4n) is 4.28. The van der Waals surface area contributed by atoms with E-state index in [-0.39, 0.29) is 11.8 Å². The second-order valence-electron chi connectivity index (χ2n) is 9.25. The molecule has 0 radical (unpaired) electrons. The first-order valence-electron chi connectivity index (χ1n) is 13.4. The molecule has 10 heteroatoms. The number of ether oxygens (including phenoxy) is 4. The third-order valence-electron chi connectivity index (χ3n) is 6.61. The highest BCUT2D eigenvalue weighted by Crippen LogP contribution is 2.28. The maximum absolute atomic E-state index is 12.6. The summed E-state index contributed by atoms with van der Waals surface area (Å²) in [6.07, 6.45) is 4.30. The summed E-state index contributed by atoms with van der Waals surface area (Å²) in [6, 6.07) is 18.2. The molecule has 218 valence electrons. The van der Waals surface area contributed by atoms with E-state index in [0.29, 0.717) is 71.4 Å². The topological polar surface area (TPSA) is 121 Å². The van der Waals surface area contributed by atoms with E-state index in [2.05, 4.69) is 20.6 Å². The zero-order valence-corrected chi connectivity index (χ0v) is 24.1. The Hall–Kier alpha value is -5.12. The van der Waals surface area contributed by atoms with Crippen LogP contribution in [0.2, 0.25) is 0 Å². The van der Waals surface area contributed by atoms with Crippen LogP contribution in [0, 0.1) is 0 Å². The van der Waals surface area contributed by atoms with Crippen molar-refractivity contribution < 1.29 is 28.5 Å². The zero-order valence-electron chi connectivity index (χ0n) is 24.1. The zero-order chi connectivity index (χ0) is 29.9. The van der Waals surface area contributed by atoms with Gasteiger partial charge in [-0.05, 0) is 72.5 Å². The third kappa shape index (κ3) is 7.54. The molecule has 2 aromatic carbocycles. The molecule has 2 N–H and O–H groups in total. The maximum atomic E-state index is 12.6. The van der Waals surface area contributed by atoms with Crippen molar-refractivity contribution >= 4 is 11.8 Å². The molecule has 2 aromatic heterocycles. The maximum Gasteiger partial charge on any atom is 0.252 e. The lowest BCUT2D eigenvalue weighted by molar-refractivity contribution is 0.0945.